The molecular weight excluding hydrogens is 266 g/mol. The Morgan fingerprint density at radius 2 is 1.95 bits per heavy atom. The van der Waals surface area contributed by atoms with Crippen molar-refractivity contribution in [1.82, 2.24) is 14.7 Å². The van der Waals surface area contributed by atoms with Crippen molar-refractivity contribution in [3.8, 4) is 0 Å². The van der Waals surface area contributed by atoms with Crippen molar-refractivity contribution in [1.29, 1.82) is 0 Å². The Labute approximate surface area is 129 Å². The number of ether oxygens (including phenoxy) is 1. The van der Waals surface area contributed by atoms with E-state index in [1.165, 1.54) is 0 Å². The van der Waals surface area contributed by atoms with E-state index in [1.807, 2.05) is 11.9 Å². The highest BCUT2D eigenvalue weighted by atomic mass is 16.5. The number of amides is 1. The Hall–Kier alpha value is -0.650. The minimum atomic E-state index is 0.170. The maximum atomic E-state index is 11.9. The first-order valence-corrected chi connectivity index (χ1v) is 8.33. The van der Waals surface area contributed by atoms with Crippen LogP contribution in [0, 0.1) is 0 Å². The second-order valence-corrected chi connectivity index (χ2v) is 6.60. The van der Waals surface area contributed by atoms with Crippen LogP contribution in [0.2, 0.25) is 0 Å². The summed E-state index contributed by atoms with van der Waals surface area (Å²) in [6.07, 6.45) is 3.83. The van der Waals surface area contributed by atoms with Gasteiger partial charge in [-0.25, -0.2) is 0 Å². The molecule has 1 spiro atoms. The first-order chi connectivity index (χ1) is 10.1. The first kappa shape index (κ1) is 16.7. The van der Waals surface area contributed by atoms with Crippen LogP contribution in [-0.2, 0) is 9.53 Å². The molecule has 1 amide bonds. The fourth-order valence-electron chi connectivity index (χ4n) is 3.47. The van der Waals surface area contributed by atoms with Crippen molar-refractivity contribution < 1.29 is 9.53 Å². The lowest BCUT2D eigenvalue weighted by atomic mass is 9.86. The zero-order chi connectivity index (χ0) is 15.3. The van der Waals surface area contributed by atoms with Crippen LogP contribution in [-0.4, -0.2) is 86.2 Å². The predicted octanol–water partition coefficient (Wildman–Crippen LogP) is 1.04. The summed E-state index contributed by atoms with van der Waals surface area (Å²) in [4.78, 5) is 18.8. The molecule has 0 aromatic heterocycles. The third-order valence-electron chi connectivity index (χ3n) is 5.12. The summed E-state index contributed by atoms with van der Waals surface area (Å²) in [6, 6.07) is 0. The van der Waals surface area contributed by atoms with E-state index in [0.29, 0.717) is 12.3 Å². The van der Waals surface area contributed by atoms with E-state index in [4.69, 9.17) is 4.74 Å². The lowest BCUT2D eigenvalue weighted by Crippen LogP contribution is -2.61. The number of likely N-dealkylation sites (N-methyl/N-ethyl adjacent to an activating group) is 1. The zero-order valence-electron chi connectivity index (χ0n) is 13.9. The summed E-state index contributed by atoms with van der Waals surface area (Å²) in [5, 5.41) is 0. The van der Waals surface area contributed by atoms with Crippen LogP contribution >= 0.6 is 0 Å². The number of rotatable bonds is 5. The average Bonchev–Trinajstić information content (AvgIpc) is 2.62. The van der Waals surface area contributed by atoms with Crippen molar-refractivity contribution in [3.63, 3.8) is 0 Å². The lowest BCUT2D eigenvalue weighted by molar-refractivity contribution is -0.129. The lowest BCUT2D eigenvalue weighted by Gasteiger charge is -2.49. The highest BCUT2D eigenvalue weighted by molar-refractivity contribution is 5.76. The van der Waals surface area contributed by atoms with Gasteiger partial charge in [0.05, 0.1) is 6.61 Å². The van der Waals surface area contributed by atoms with Gasteiger partial charge in [0.1, 0.15) is 0 Å². The summed E-state index contributed by atoms with van der Waals surface area (Å²) in [5.74, 6) is 0.295. The summed E-state index contributed by atoms with van der Waals surface area (Å²) in [6.45, 7) is 8.99. The van der Waals surface area contributed by atoms with E-state index >= 15 is 0 Å². The molecular formula is C16H31N3O2. The third kappa shape index (κ3) is 4.18. The molecule has 0 N–H and O–H groups in total. The Kier molecular flexibility index (Phi) is 6.02. The Morgan fingerprint density at radius 3 is 2.71 bits per heavy atom. The molecule has 5 heteroatoms. The SMILES string of the molecule is CCCOCCN1CCN(C)[C@@]2(CCC(=O)N(C)CC2)C1. The van der Waals surface area contributed by atoms with Crippen molar-refractivity contribution in [2.45, 2.75) is 38.1 Å². The minimum absolute atomic E-state index is 0.170. The Bertz CT molecular complexity index is 350. The van der Waals surface area contributed by atoms with Crippen LogP contribution in [0.5, 0.6) is 0 Å². The normalized spacial score (nSPS) is 29.1. The van der Waals surface area contributed by atoms with E-state index < -0.39 is 0 Å². The quantitative estimate of drug-likeness (QED) is 0.711. The highest BCUT2D eigenvalue weighted by Gasteiger charge is 2.41. The van der Waals surface area contributed by atoms with Gasteiger partial charge in [0, 0.05) is 58.3 Å². The van der Waals surface area contributed by atoms with Crippen molar-refractivity contribution in [2.24, 2.45) is 0 Å². The molecule has 2 aliphatic heterocycles. The number of likely N-dealkylation sites (tertiary alicyclic amines) is 1. The molecule has 0 aromatic carbocycles. The second kappa shape index (κ2) is 7.56. The molecule has 2 heterocycles. The second-order valence-electron chi connectivity index (χ2n) is 6.60. The van der Waals surface area contributed by atoms with Gasteiger partial charge in [0.25, 0.3) is 0 Å². The van der Waals surface area contributed by atoms with Crippen LogP contribution in [0.15, 0.2) is 0 Å². The van der Waals surface area contributed by atoms with Crippen LogP contribution < -0.4 is 0 Å². The minimum Gasteiger partial charge on any atom is -0.380 e. The van der Waals surface area contributed by atoms with Crippen molar-refractivity contribution in [3.05, 3.63) is 0 Å². The van der Waals surface area contributed by atoms with Crippen LogP contribution in [0.3, 0.4) is 0 Å². The fraction of sp³-hybridized carbons (Fsp3) is 0.938. The maximum Gasteiger partial charge on any atom is 0.222 e. The zero-order valence-corrected chi connectivity index (χ0v) is 13.9. The summed E-state index contributed by atoms with van der Waals surface area (Å²) >= 11 is 0. The number of piperazine rings is 1. The highest BCUT2D eigenvalue weighted by Crippen LogP contribution is 2.31. The van der Waals surface area contributed by atoms with E-state index in [-0.39, 0.29) is 5.54 Å². The smallest absolute Gasteiger partial charge is 0.222 e. The summed E-state index contributed by atoms with van der Waals surface area (Å²) in [7, 11) is 4.15. The molecule has 2 saturated heterocycles. The van der Waals surface area contributed by atoms with Gasteiger partial charge in [-0.3, -0.25) is 14.6 Å². The van der Waals surface area contributed by atoms with Crippen LogP contribution in [0.1, 0.15) is 32.6 Å². The molecule has 0 unspecified atom stereocenters. The Balaban J connectivity index is 1.92. The molecule has 0 aromatic rings. The van der Waals surface area contributed by atoms with Crippen LogP contribution in [0.25, 0.3) is 0 Å². The number of nitrogens with zero attached hydrogens (tertiary/aromatic N) is 3. The maximum absolute atomic E-state index is 11.9. The first-order valence-electron chi connectivity index (χ1n) is 8.33. The van der Waals surface area contributed by atoms with Gasteiger partial charge < -0.3 is 9.64 Å². The fourth-order valence-corrected chi connectivity index (χ4v) is 3.47. The largest absolute Gasteiger partial charge is 0.380 e. The van der Waals surface area contributed by atoms with E-state index in [9.17, 15) is 4.79 Å². The van der Waals surface area contributed by atoms with E-state index in [1.54, 1.807) is 0 Å². The van der Waals surface area contributed by atoms with Gasteiger partial charge in [0.15, 0.2) is 0 Å². The number of carbonyl (C=O) groups excluding carboxylic acids is 1. The van der Waals surface area contributed by atoms with Gasteiger partial charge in [-0.2, -0.15) is 0 Å². The molecule has 2 aliphatic rings. The molecule has 1 atom stereocenters. The standard InChI is InChI=1S/C16H31N3O2/c1-4-12-21-13-11-19-10-9-18(3)16(14-19)6-5-15(20)17(2)8-7-16/h4-14H2,1-3H3/t16-/m1/s1. The van der Waals surface area contributed by atoms with E-state index in [0.717, 1.165) is 65.2 Å². The third-order valence-corrected chi connectivity index (χ3v) is 5.12. The molecule has 0 saturated carbocycles. The number of carbonyl (C=O) groups is 1. The van der Waals surface area contributed by atoms with Gasteiger partial charge in [0.2, 0.25) is 5.91 Å². The predicted molar refractivity (Wildman–Crippen MR) is 84.4 cm³/mol. The molecule has 122 valence electrons. The monoisotopic (exact) mass is 297 g/mol. The average molecular weight is 297 g/mol. The number of hydrogen-bond donors (Lipinski definition) is 0. The molecule has 21 heavy (non-hydrogen) atoms. The van der Waals surface area contributed by atoms with Gasteiger partial charge in [-0.05, 0) is 26.3 Å². The summed E-state index contributed by atoms with van der Waals surface area (Å²) in [5.41, 5.74) is 0.170. The van der Waals surface area contributed by atoms with Gasteiger partial charge >= 0.3 is 0 Å². The van der Waals surface area contributed by atoms with Gasteiger partial charge in [-0.15, -0.1) is 0 Å². The van der Waals surface area contributed by atoms with Crippen LogP contribution in [0.4, 0.5) is 0 Å². The van der Waals surface area contributed by atoms with Crippen molar-refractivity contribution >= 4 is 5.91 Å². The molecule has 0 bridgehead atoms. The summed E-state index contributed by atoms with van der Waals surface area (Å²) < 4.78 is 5.63. The topological polar surface area (TPSA) is 36.0 Å². The van der Waals surface area contributed by atoms with E-state index in [2.05, 4.69) is 23.8 Å². The van der Waals surface area contributed by atoms with Crippen molar-refractivity contribution in [2.75, 3.05) is 60.0 Å². The molecule has 0 aliphatic carbocycles. The van der Waals surface area contributed by atoms with Gasteiger partial charge in [-0.1, -0.05) is 6.92 Å². The molecule has 5 nitrogen and oxygen atoms in total. The molecule has 2 fully saturated rings. The number of hydrogen-bond acceptors (Lipinski definition) is 4. The Morgan fingerprint density at radius 1 is 1.14 bits per heavy atom. The molecule has 0 radical (unpaired) electrons. The molecule has 2 rings (SSSR count).